The molecule has 0 aliphatic rings. The summed E-state index contributed by atoms with van der Waals surface area (Å²) < 4.78 is 5.31. The molecule has 0 aliphatic carbocycles. The van der Waals surface area contributed by atoms with Gasteiger partial charge in [0.05, 0.1) is 0 Å². The van der Waals surface area contributed by atoms with Crippen LogP contribution in [0, 0.1) is 0 Å². The first kappa shape index (κ1) is 10.7. The molecule has 0 aliphatic heterocycles. The number of carbonyl (C=O) groups is 1. The van der Waals surface area contributed by atoms with E-state index in [1.54, 1.807) is 0 Å². The zero-order valence-electron chi connectivity index (χ0n) is 9.49. The third kappa shape index (κ3) is 1.91. The van der Waals surface area contributed by atoms with Crippen molar-refractivity contribution in [1.82, 2.24) is 0 Å². The van der Waals surface area contributed by atoms with E-state index in [1.165, 1.54) is 6.92 Å². The molecule has 16 heavy (non-hydrogen) atoms. The van der Waals surface area contributed by atoms with Gasteiger partial charge in [0, 0.05) is 12.3 Å². The molecule has 0 radical (unpaired) electrons. The first-order valence-electron chi connectivity index (χ1n) is 5.41. The molecule has 0 unspecified atom stereocenters. The molecule has 2 heteroatoms. The number of rotatable bonds is 2. The predicted molar refractivity (Wildman–Crippen MR) is 64.6 cm³/mol. The van der Waals surface area contributed by atoms with Gasteiger partial charge in [0.1, 0.15) is 5.75 Å². The van der Waals surface area contributed by atoms with E-state index in [4.69, 9.17) is 4.74 Å². The van der Waals surface area contributed by atoms with Gasteiger partial charge in [0.15, 0.2) is 0 Å². The van der Waals surface area contributed by atoms with Gasteiger partial charge < -0.3 is 4.74 Å². The predicted octanol–water partition coefficient (Wildman–Crippen LogP) is 3.33. The maximum Gasteiger partial charge on any atom is 0.308 e. The number of fused-ring (bicyclic) bond motifs is 1. The lowest BCUT2D eigenvalue weighted by molar-refractivity contribution is -0.131. The van der Waals surface area contributed by atoms with Gasteiger partial charge in [-0.05, 0) is 17.4 Å². The maximum absolute atomic E-state index is 11.1. The van der Waals surface area contributed by atoms with E-state index in [-0.39, 0.29) is 5.97 Å². The lowest BCUT2D eigenvalue weighted by atomic mass is 10.0. The van der Waals surface area contributed by atoms with Crippen molar-refractivity contribution in [2.24, 2.45) is 0 Å². The van der Waals surface area contributed by atoms with E-state index in [1.807, 2.05) is 30.3 Å². The fourth-order valence-corrected chi connectivity index (χ4v) is 1.83. The van der Waals surface area contributed by atoms with Crippen LogP contribution < -0.4 is 4.74 Å². The first-order valence-corrected chi connectivity index (χ1v) is 5.41. The molecule has 0 bridgehead atoms. The minimum absolute atomic E-state index is 0.272. The highest BCUT2D eigenvalue weighted by atomic mass is 16.5. The maximum atomic E-state index is 11.1. The normalized spacial score (nSPS) is 10.4. The fourth-order valence-electron chi connectivity index (χ4n) is 1.83. The average Bonchev–Trinajstić information content (AvgIpc) is 2.29. The van der Waals surface area contributed by atoms with Crippen molar-refractivity contribution < 1.29 is 9.53 Å². The summed E-state index contributed by atoms with van der Waals surface area (Å²) in [6.07, 6.45) is 0.855. The Hall–Kier alpha value is -1.83. The third-order valence-corrected chi connectivity index (χ3v) is 2.59. The molecule has 0 atom stereocenters. The SMILES string of the molecule is CCc1ccc2ccccc2c1OC(C)=O. The lowest BCUT2D eigenvalue weighted by Gasteiger charge is -2.10. The zero-order chi connectivity index (χ0) is 11.5. The van der Waals surface area contributed by atoms with Crippen LogP contribution in [0.25, 0.3) is 10.8 Å². The van der Waals surface area contributed by atoms with Crippen LogP contribution in [0.3, 0.4) is 0 Å². The van der Waals surface area contributed by atoms with Crippen molar-refractivity contribution in [3.63, 3.8) is 0 Å². The number of carbonyl (C=O) groups excluding carboxylic acids is 1. The Morgan fingerprint density at radius 3 is 2.62 bits per heavy atom. The zero-order valence-corrected chi connectivity index (χ0v) is 9.49. The number of aryl methyl sites for hydroxylation is 1. The Morgan fingerprint density at radius 2 is 1.94 bits per heavy atom. The van der Waals surface area contributed by atoms with E-state index in [2.05, 4.69) is 13.0 Å². The van der Waals surface area contributed by atoms with Crippen molar-refractivity contribution in [3.05, 3.63) is 42.0 Å². The smallest absolute Gasteiger partial charge is 0.308 e. The van der Waals surface area contributed by atoms with Crippen LogP contribution in [0.1, 0.15) is 19.4 Å². The number of ether oxygens (including phenoxy) is 1. The second-order valence-corrected chi connectivity index (χ2v) is 3.72. The summed E-state index contributed by atoms with van der Waals surface area (Å²) in [5.41, 5.74) is 1.06. The van der Waals surface area contributed by atoms with Crippen molar-refractivity contribution in [3.8, 4) is 5.75 Å². The van der Waals surface area contributed by atoms with Gasteiger partial charge in [-0.1, -0.05) is 43.3 Å². The number of benzene rings is 2. The van der Waals surface area contributed by atoms with Crippen LogP contribution in [0.15, 0.2) is 36.4 Å². The number of esters is 1. The first-order chi connectivity index (χ1) is 7.72. The van der Waals surface area contributed by atoms with Crippen LogP contribution in [-0.4, -0.2) is 5.97 Å². The van der Waals surface area contributed by atoms with Gasteiger partial charge in [0.25, 0.3) is 0 Å². The van der Waals surface area contributed by atoms with Gasteiger partial charge in [0.2, 0.25) is 0 Å². The molecular formula is C14H14O2. The minimum atomic E-state index is -0.272. The molecule has 2 aromatic carbocycles. The van der Waals surface area contributed by atoms with Gasteiger partial charge in [-0.3, -0.25) is 4.79 Å². The molecule has 0 N–H and O–H groups in total. The van der Waals surface area contributed by atoms with Crippen LogP contribution in [0.4, 0.5) is 0 Å². The quantitative estimate of drug-likeness (QED) is 0.566. The highest BCUT2D eigenvalue weighted by Crippen LogP contribution is 2.30. The van der Waals surface area contributed by atoms with Crippen LogP contribution in [0.2, 0.25) is 0 Å². The van der Waals surface area contributed by atoms with Crippen molar-refractivity contribution in [2.45, 2.75) is 20.3 Å². The summed E-state index contributed by atoms with van der Waals surface area (Å²) >= 11 is 0. The van der Waals surface area contributed by atoms with Gasteiger partial charge in [-0.15, -0.1) is 0 Å². The second kappa shape index (κ2) is 4.35. The van der Waals surface area contributed by atoms with E-state index in [9.17, 15) is 4.79 Å². The van der Waals surface area contributed by atoms with Crippen LogP contribution >= 0.6 is 0 Å². The summed E-state index contributed by atoms with van der Waals surface area (Å²) in [4.78, 5) is 11.1. The van der Waals surface area contributed by atoms with Crippen molar-refractivity contribution in [2.75, 3.05) is 0 Å². The molecule has 0 heterocycles. The average molecular weight is 214 g/mol. The molecular weight excluding hydrogens is 200 g/mol. The third-order valence-electron chi connectivity index (χ3n) is 2.59. The molecule has 2 rings (SSSR count). The Balaban J connectivity index is 2.67. The van der Waals surface area contributed by atoms with Gasteiger partial charge in [-0.2, -0.15) is 0 Å². The van der Waals surface area contributed by atoms with Crippen molar-refractivity contribution >= 4 is 16.7 Å². The summed E-state index contributed by atoms with van der Waals surface area (Å²) in [7, 11) is 0. The lowest BCUT2D eigenvalue weighted by Crippen LogP contribution is -2.04. The topological polar surface area (TPSA) is 26.3 Å². The molecule has 2 nitrogen and oxygen atoms in total. The van der Waals surface area contributed by atoms with Gasteiger partial charge >= 0.3 is 5.97 Å². The largest absolute Gasteiger partial charge is 0.426 e. The van der Waals surface area contributed by atoms with Crippen LogP contribution in [-0.2, 0) is 11.2 Å². The van der Waals surface area contributed by atoms with Crippen molar-refractivity contribution in [1.29, 1.82) is 0 Å². The minimum Gasteiger partial charge on any atom is -0.426 e. The molecule has 0 saturated heterocycles. The fraction of sp³-hybridized carbons (Fsp3) is 0.214. The van der Waals surface area contributed by atoms with E-state index in [0.29, 0.717) is 5.75 Å². The molecule has 0 aromatic heterocycles. The molecule has 0 amide bonds. The molecule has 82 valence electrons. The Bertz CT molecular complexity index is 529. The highest BCUT2D eigenvalue weighted by molar-refractivity contribution is 5.91. The molecule has 0 spiro atoms. The highest BCUT2D eigenvalue weighted by Gasteiger charge is 2.09. The Morgan fingerprint density at radius 1 is 1.19 bits per heavy atom. The summed E-state index contributed by atoms with van der Waals surface area (Å²) in [5, 5.41) is 2.09. The summed E-state index contributed by atoms with van der Waals surface area (Å²) in [5.74, 6) is 0.430. The summed E-state index contributed by atoms with van der Waals surface area (Å²) in [6.45, 7) is 3.48. The van der Waals surface area contributed by atoms with E-state index < -0.39 is 0 Å². The Labute approximate surface area is 94.8 Å². The van der Waals surface area contributed by atoms with E-state index >= 15 is 0 Å². The molecule has 0 saturated carbocycles. The van der Waals surface area contributed by atoms with Crippen LogP contribution in [0.5, 0.6) is 5.75 Å². The molecule has 0 fully saturated rings. The van der Waals surface area contributed by atoms with Gasteiger partial charge in [-0.25, -0.2) is 0 Å². The summed E-state index contributed by atoms with van der Waals surface area (Å²) in [6, 6.07) is 12.0. The second-order valence-electron chi connectivity index (χ2n) is 3.72. The molecule has 2 aromatic rings. The Kier molecular flexibility index (Phi) is 2.91. The number of hydrogen-bond acceptors (Lipinski definition) is 2. The standard InChI is InChI=1S/C14H14O2/c1-3-11-8-9-12-6-4-5-7-13(12)14(11)16-10(2)15/h4-9H,3H2,1-2H3. The monoisotopic (exact) mass is 214 g/mol. The van der Waals surface area contributed by atoms with E-state index in [0.717, 1.165) is 22.8 Å². The number of hydrogen-bond donors (Lipinski definition) is 0.